The Bertz CT molecular complexity index is 214. The molecule has 0 aliphatic carbocycles. The molecule has 17 heavy (non-hydrogen) atoms. The second kappa shape index (κ2) is 8.31. The van der Waals surface area contributed by atoms with Crippen LogP contribution in [0.15, 0.2) is 0 Å². The van der Waals surface area contributed by atoms with Crippen molar-refractivity contribution in [1.82, 2.24) is 10.6 Å². The normalized spacial score (nSPS) is 13.2. The number of hydrogen-bond acceptors (Lipinski definition) is 4. The van der Waals surface area contributed by atoms with Crippen LogP contribution >= 0.6 is 0 Å². The van der Waals surface area contributed by atoms with Gasteiger partial charge < -0.3 is 20.1 Å². The maximum atomic E-state index is 11.3. The van der Waals surface area contributed by atoms with E-state index in [9.17, 15) is 4.79 Å². The molecule has 0 aromatic carbocycles. The van der Waals surface area contributed by atoms with Gasteiger partial charge in [-0.15, -0.1) is 0 Å². The minimum absolute atomic E-state index is 0.371. The van der Waals surface area contributed by atoms with Gasteiger partial charge in [-0.3, -0.25) is 0 Å². The molecule has 5 nitrogen and oxygen atoms in total. The third-order valence-corrected chi connectivity index (χ3v) is 2.04. The summed E-state index contributed by atoms with van der Waals surface area (Å²) >= 11 is 0. The Hall–Kier alpha value is -0.810. The highest BCUT2D eigenvalue weighted by Gasteiger charge is 2.15. The van der Waals surface area contributed by atoms with Crippen LogP contribution in [0.1, 0.15) is 34.1 Å². The Kier molecular flexibility index (Phi) is 7.91. The predicted molar refractivity (Wildman–Crippen MR) is 68.2 cm³/mol. The van der Waals surface area contributed by atoms with E-state index in [1.165, 1.54) is 0 Å². The zero-order valence-corrected chi connectivity index (χ0v) is 11.6. The predicted octanol–water partition coefficient (Wildman–Crippen LogP) is 1.53. The van der Waals surface area contributed by atoms with Gasteiger partial charge in [0.1, 0.15) is 5.60 Å². The lowest BCUT2D eigenvalue weighted by Crippen LogP contribution is -2.38. The molecule has 0 aromatic rings. The second-order valence-electron chi connectivity index (χ2n) is 5.07. The maximum Gasteiger partial charge on any atom is 0.407 e. The first-order valence-electron chi connectivity index (χ1n) is 6.04. The van der Waals surface area contributed by atoms with Crippen LogP contribution in [0, 0.1) is 0 Å². The highest BCUT2D eigenvalue weighted by Crippen LogP contribution is 2.05. The lowest BCUT2D eigenvalue weighted by molar-refractivity contribution is 0.0527. The minimum atomic E-state index is -0.441. The molecule has 0 bridgehead atoms. The average molecular weight is 246 g/mol. The highest BCUT2D eigenvalue weighted by atomic mass is 16.6. The highest BCUT2D eigenvalue weighted by molar-refractivity contribution is 5.67. The van der Waals surface area contributed by atoms with Gasteiger partial charge in [0, 0.05) is 32.8 Å². The largest absolute Gasteiger partial charge is 0.444 e. The molecule has 102 valence electrons. The summed E-state index contributed by atoms with van der Waals surface area (Å²) in [7, 11) is 1.69. The SMILES string of the molecule is COCCC(C)NCCNC(=O)OC(C)(C)C. The Morgan fingerprint density at radius 3 is 2.47 bits per heavy atom. The van der Waals surface area contributed by atoms with Crippen molar-refractivity contribution in [2.45, 2.75) is 45.8 Å². The fourth-order valence-electron chi connectivity index (χ4n) is 1.19. The first kappa shape index (κ1) is 16.2. The molecule has 0 aromatic heterocycles. The number of alkyl carbamates (subject to hydrolysis) is 1. The maximum absolute atomic E-state index is 11.3. The Morgan fingerprint density at radius 2 is 1.94 bits per heavy atom. The summed E-state index contributed by atoms with van der Waals surface area (Å²) in [6, 6.07) is 0.385. The van der Waals surface area contributed by atoms with Crippen LogP contribution in [0.25, 0.3) is 0 Å². The number of ether oxygens (including phenoxy) is 2. The number of nitrogens with one attached hydrogen (secondary N) is 2. The lowest BCUT2D eigenvalue weighted by Gasteiger charge is -2.20. The molecule has 1 amide bonds. The Balaban J connectivity index is 3.48. The van der Waals surface area contributed by atoms with Crippen LogP contribution in [-0.2, 0) is 9.47 Å². The summed E-state index contributed by atoms with van der Waals surface area (Å²) in [5.41, 5.74) is -0.441. The van der Waals surface area contributed by atoms with Gasteiger partial charge in [0.25, 0.3) is 0 Å². The van der Waals surface area contributed by atoms with Crippen LogP contribution in [0.2, 0.25) is 0 Å². The fraction of sp³-hybridized carbons (Fsp3) is 0.917. The molecule has 0 fully saturated rings. The molecular formula is C12H26N2O3. The zero-order chi connectivity index (χ0) is 13.3. The van der Waals surface area contributed by atoms with E-state index in [2.05, 4.69) is 17.6 Å². The molecule has 0 saturated heterocycles. The standard InChI is InChI=1S/C12H26N2O3/c1-10(6-9-16-5)13-7-8-14-11(15)17-12(2,3)4/h10,13H,6-9H2,1-5H3,(H,14,15). The number of carbonyl (C=O) groups excluding carboxylic acids is 1. The van der Waals surface area contributed by atoms with Crippen molar-refractivity contribution in [2.75, 3.05) is 26.8 Å². The van der Waals surface area contributed by atoms with Gasteiger partial charge in [0.15, 0.2) is 0 Å². The first-order valence-corrected chi connectivity index (χ1v) is 6.04. The van der Waals surface area contributed by atoms with Gasteiger partial charge in [-0.2, -0.15) is 0 Å². The van der Waals surface area contributed by atoms with Gasteiger partial charge in [-0.1, -0.05) is 0 Å². The number of rotatable bonds is 7. The third-order valence-electron chi connectivity index (χ3n) is 2.04. The molecule has 0 spiro atoms. The van der Waals surface area contributed by atoms with Crippen molar-refractivity contribution in [3.8, 4) is 0 Å². The number of amides is 1. The first-order chi connectivity index (χ1) is 7.85. The topological polar surface area (TPSA) is 59.6 Å². The molecule has 0 saturated carbocycles. The molecular weight excluding hydrogens is 220 g/mol. The summed E-state index contributed by atoms with van der Waals surface area (Å²) in [6.07, 6.45) is 0.590. The van der Waals surface area contributed by atoms with E-state index in [-0.39, 0.29) is 6.09 Å². The summed E-state index contributed by atoms with van der Waals surface area (Å²) in [5, 5.41) is 5.98. The van der Waals surface area contributed by atoms with Crippen molar-refractivity contribution in [2.24, 2.45) is 0 Å². The molecule has 5 heteroatoms. The van der Waals surface area contributed by atoms with Crippen molar-refractivity contribution < 1.29 is 14.3 Å². The zero-order valence-electron chi connectivity index (χ0n) is 11.6. The Morgan fingerprint density at radius 1 is 1.29 bits per heavy atom. The van der Waals surface area contributed by atoms with E-state index in [1.807, 2.05) is 20.8 Å². The average Bonchev–Trinajstić information content (AvgIpc) is 2.19. The minimum Gasteiger partial charge on any atom is -0.444 e. The van der Waals surface area contributed by atoms with Crippen molar-refractivity contribution in [1.29, 1.82) is 0 Å². The molecule has 0 heterocycles. The monoisotopic (exact) mass is 246 g/mol. The molecule has 0 aliphatic rings. The van der Waals surface area contributed by atoms with E-state index < -0.39 is 5.60 Å². The van der Waals surface area contributed by atoms with Gasteiger partial charge >= 0.3 is 6.09 Å². The number of hydrogen-bond donors (Lipinski definition) is 2. The summed E-state index contributed by atoms with van der Waals surface area (Å²) in [4.78, 5) is 11.3. The van der Waals surface area contributed by atoms with Crippen LogP contribution in [0.3, 0.4) is 0 Å². The van der Waals surface area contributed by atoms with Crippen molar-refractivity contribution in [3.63, 3.8) is 0 Å². The van der Waals surface area contributed by atoms with Crippen LogP contribution in [0.4, 0.5) is 4.79 Å². The van der Waals surface area contributed by atoms with E-state index in [0.717, 1.165) is 19.6 Å². The van der Waals surface area contributed by atoms with Crippen molar-refractivity contribution >= 4 is 6.09 Å². The van der Waals surface area contributed by atoms with Gasteiger partial charge in [-0.25, -0.2) is 4.79 Å². The smallest absolute Gasteiger partial charge is 0.407 e. The van der Waals surface area contributed by atoms with E-state index in [0.29, 0.717) is 12.6 Å². The van der Waals surface area contributed by atoms with Crippen LogP contribution < -0.4 is 10.6 Å². The Labute approximate surface area is 104 Å². The van der Waals surface area contributed by atoms with Gasteiger partial charge in [0.05, 0.1) is 0 Å². The van der Waals surface area contributed by atoms with E-state index >= 15 is 0 Å². The fourth-order valence-corrected chi connectivity index (χ4v) is 1.19. The number of methoxy groups -OCH3 is 1. The molecule has 0 radical (unpaired) electrons. The number of carbonyl (C=O) groups is 1. The quantitative estimate of drug-likeness (QED) is 0.669. The van der Waals surface area contributed by atoms with E-state index in [4.69, 9.17) is 9.47 Å². The van der Waals surface area contributed by atoms with E-state index in [1.54, 1.807) is 7.11 Å². The third kappa shape index (κ3) is 11.5. The molecule has 0 aliphatic heterocycles. The second-order valence-corrected chi connectivity index (χ2v) is 5.07. The van der Waals surface area contributed by atoms with Crippen LogP contribution in [-0.4, -0.2) is 44.5 Å². The summed E-state index contributed by atoms with van der Waals surface area (Å²) < 4.78 is 10.1. The lowest BCUT2D eigenvalue weighted by atomic mass is 10.2. The summed E-state index contributed by atoms with van der Waals surface area (Å²) in [6.45, 7) is 9.66. The van der Waals surface area contributed by atoms with Crippen molar-refractivity contribution in [3.05, 3.63) is 0 Å². The van der Waals surface area contributed by atoms with Gasteiger partial charge in [0.2, 0.25) is 0 Å². The molecule has 2 N–H and O–H groups in total. The van der Waals surface area contributed by atoms with Gasteiger partial charge in [-0.05, 0) is 34.1 Å². The molecule has 1 unspecified atom stereocenters. The molecule has 1 atom stereocenters. The summed E-state index contributed by atoms with van der Waals surface area (Å²) in [5.74, 6) is 0. The van der Waals surface area contributed by atoms with Crippen LogP contribution in [0.5, 0.6) is 0 Å². The molecule has 0 rings (SSSR count).